The summed E-state index contributed by atoms with van der Waals surface area (Å²) in [5.74, 6) is -1.03. The average Bonchev–Trinajstić information content (AvgIpc) is 1.86. The Morgan fingerprint density at radius 2 is 2.33 bits per heavy atom. The molecule has 0 fully saturated rings. The third-order valence-electron chi connectivity index (χ3n) is 1.29. The molecule has 9 heavy (non-hydrogen) atoms. The second kappa shape index (κ2) is 2.80. The molecular weight excluding hydrogens is 122 g/mol. The van der Waals surface area contributed by atoms with Gasteiger partial charge in [-0.15, -0.1) is 0 Å². The summed E-state index contributed by atoms with van der Waals surface area (Å²) in [6.07, 6.45) is 0. The Labute approximate surface area is 53.6 Å². The third-order valence-corrected chi connectivity index (χ3v) is 1.29. The SMILES string of the molecule is COC(C)(CN)C(=O)O. The van der Waals surface area contributed by atoms with E-state index in [0.717, 1.165) is 0 Å². The number of nitrogens with two attached hydrogens (primary N) is 1. The first-order valence-corrected chi connectivity index (χ1v) is 2.55. The fourth-order valence-corrected chi connectivity index (χ4v) is 0.258. The van der Waals surface area contributed by atoms with Gasteiger partial charge in [0, 0.05) is 13.7 Å². The van der Waals surface area contributed by atoms with Crippen molar-refractivity contribution in [3.8, 4) is 0 Å². The Hall–Kier alpha value is -0.610. The third kappa shape index (κ3) is 1.65. The first kappa shape index (κ1) is 8.39. The molecule has 0 aromatic rings. The van der Waals surface area contributed by atoms with E-state index in [1.54, 1.807) is 0 Å². The molecule has 1 atom stereocenters. The average molecular weight is 133 g/mol. The van der Waals surface area contributed by atoms with Gasteiger partial charge in [-0.3, -0.25) is 0 Å². The largest absolute Gasteiger partial charge is 0.479 e. The van der Waals surface area contributed by atoms with Gasteiger partial charge in [0.05, 0.1) is 0 Å². The lowest BCUT2D eigenvalue weighted by Gasteiger charge is -2.19. The molecule has 0 rings (SSSR count). The molecule has 4 nitrogen and oxygen atoms in total. The van der Waals surface area contributed by atoms with Gasteiger partial charge in [0.25, 0.3) is 0 Å². The van der Waals surface area contributed by atoms with Gasteiger partial charge in [0.15, 0.2) is 5.60 Å². The van der Waals surface area contributed by atoms with Crippen LogP contribution in [0.2, 0.25) is 0 Å². The summed E-state index contributed by atoms with van der Waals surface area (Å²) >= 11 is 0. The highest BCUT2D eigenvalue weighted by atomic mass is 16.5. The van der Waals surface area contributed by atoms with Crippen molar-refractivity contribution in [3.63, 3.8) is 0 Å². The highest BCUT2D eigenvalue weighted by molar-refractivity contribution is 5.77. The van der Waals surface area contributed by atoms with E-state index in [0.29, 0.717) is 0 Å². The minimum atomic E-state index is -1.22. The zero-order valence-electron chi connectivity index (χ0n) is 5.55. The maximum absolute atomic E-state index is 10.3. The number of ether oxygens (including phenoxy) is 1. The highest BCUT2D eigenvalue weighted by Gasteiger charge is 2.30. The Balaban J connectivity index is 4.09. The normalized spacial score (nSPS) is 16.8. The van der Waals surface area contributed by atoms with Crippen LogP contribution in [0.15, 0.2) is 0 Å². The van der Waals surface area contributed by atoms with Crippen molar-refractivity contribution in [1.82, 2.24) is 0 Å². The number of aliphatic carboxylic acids is 1. The van der Waals surface area contributed by atoms with Gasteiger partial charge in [0.1, 0.15) is 0 Å². The standard InChI is InChI=1S/C5H11NO3/c1-5(3-6,9-2)4(7)8/h3,6H2,1-2H3,(H,7,8). The number of hydrogen-bond acceptors (Lipinski definition) is 3. The van der Waals surface area contributed by atoms with Crippen molar-refractivity contribution in [2.24, 2.45) is 5.73 Å². The van der Waals surface area contributed by atoms with Gasteiger partial charge in [-0.1, -0.05) is 0 Å². The maximum atomic E-state index is 10.3. The van der Waals surface area contributed by atoms with Gasteiger partial charge in [-0.05, 0) is 6.92 Å². The topological polar surface area (TPSA) is 72.5 Å². The van der Waals surface area contributed by atoms with Crippen LogP contribution in [0.5, 0.6) is 0 Å². The van der Waals surface area contributed by atoms with E-state index in [1.165, 1.54) is 14.0 Å². The molecule has 0 bridgehead atoms. The predicted octanol–water partition coefficient (Wildman–Crippen LogP) is -0.565. The van der Waals surface area contributed by atoms with E-state index in [4.69, 9.17) is 10.8 Å². The first-order valence-electron chi connectivity index (χ1n) is 2.55. The highest BCUT2D eigenvalue weighted by Crippen LogP contribution is 2.05. The predicted molar refractivity (Wildman–Crippen MR) is 32.1 cm³/mol. The van der Waals surface area contributed by atoms with Gasteiger partial charge in [0.2, 0.25) is 0 Å². The molecule has 4 heteroatoms. The minimum absolute atomic E-state index is 0.0150. The lowest BCUT2D eigenvalue weighted by atomic mass is 10.1. The zero-order chi connectivity index (χ0) is 7.49. The van der Waals surface area contributed by atoms with Crippen LogP contribution in [0.3, 0.4) is 0 Å². The van der Waals surface area contributed by atoms with Gasteiger partial charge < -0.3 is 15.6 Å². The van der Waals surface area contributed by atoms with E-state index >= 15 is 0 Å². The molecule has 0 spiro atoms. The molecule has 0 heterocycles. The second-order valence-electron chi connectivity index (χ2n) is 1.94. The molecule has 0 amide bonds. The summed E-state index contributed by atoms with van der Waals surface area (Å²) in [6, 6.07) is 0. The Kier molecular flexibility index (Phi) is 2.61. The molecule has 0 saturated heterocycles. The fourth-order valence-electron chi connectivity index (χ4n) is 0.258. The van der Waals surface area contributed by atoms with E-state index in [-0.39, 0.29) is 6.54 Å². The molecule has 0 aliphatic carbocycles. The molecule has 1 unspecified atom stereocenters. The fraction of sp³-hybridized carbons (Fsp3) is 0.800. The number of hydrogen-bond donors (Lipinski definition) is 2. The first-order chi connectivity index (χ1) is 4.06. The summed E-state index contributed by atoms with van der Waals surface area (Å²) in [7, 11) is 1.32. The molecule has 0 radical (unpaired) electrons. The Morgan fingerprint density at radius 3 is 2.33 bits per heavy atom. The molecule has 0 aromatic heterocycles. The van der Waals surface area contributed by atoms with Gasteiger partial charge in [-0.2, -0.15) is 0 Å². The summed E-state index contributed by atoms with van der Waals surface area (Å²) in [5.41, 5.74) is 3.89. The van der Waals surface area contributed by atoms with Crippen molar-refractivity contribution in [1.29, 1.82) is 0 Å². The van der Waals surface area contributed by atoms with Crippen LogP contribution < -0.4 is 5.73 Å². The van der Waals surface area contributed by atoms with Crippen LogP contribution in [-0.2, 0) is 9.53 Å². The van der Waals surface area contributed by atoms with Crippen LogP contribution in [0.1, 0.15) is 6.92 Å². The van der Waals surface area contributed by atoms with Crippen LogP contribution in [0.25, 0.3) is 0 Å². The van der Waals surface area contributed by atoms with E-state index in [1.807, 2.05) is 0 Å². The second-order valence-corrected chi connectivity index (χ2v) is 1.94. The van der Waals surface area contributed by atoms with Crippen LogP contribution in [0.4, 0.5) is 0 Å². The van der Waals surface area contributed by atoms with Gasteiger partial charge >= 0.3 is 5.97 Å². The molecule has 3 N–H and O–H groups in total. The van der Waals surface area contributed by atoms with Crippen molar-refractivity contribution in [2.45, 2.75) is 12.5 Å². The maximum Gasteiger partial charge on any atom is 0.336 e. The van der Waals surface area contributed by atoms with Crippen LogP contribution in [-0.4, -0.2) is 30.3 Å². The summed E-state index contributed by atoms with van der Waals surface area (Å²) in [5, 5.41) is 8.43. The number of carboxylic acids is 1. The molecular formula is C5H11NO3. The lowest BCUT2D eigenvalue weighted by molar-refractivity contribution is -0.158. The number of methoxy groups -OCH3 is 1. The number of carbonyl (C=O) groups is 1. The molecule has 0 aromatic carbocycles. The van der Waals surface area contributed by atoms with E-state index in [9.17, 15) is 4.79 Å². The van der Waals surface area contributed by atoms with E-state index in [2.05, 4.69) is 4.74 Å². The quantitative estimate of drug-likeness (QED) is 0.541. The molecule has 0 saturated carbocycles. The molecule has 0 aliphatic rings. The van der Waals surface area contributed by atoms with Crippen molar-refractivity contribution < 1.29 is 14.6 Å². The monoisotopic (exact) mass is 133 g/mol. The smallest absolute Gasteiger partial charge is 0.336 e. The van der Waals surface area contributed by atoms with Crippen LogP contribution in [0, 0.1) is 0 Å². The van der Waals surface area contributed by atoms with Crippen molar-refractivity contribution in [3.05, 3.63) is 0 Å². The summed E-state index contributed by atoms with van der Waals surface area (Å²) in [6.45, 7) is 1.41. The number of carboxylic acid groups (broad SMARTS) is 1. The van der Waals surface area contributed by atoms with Crippen molar-refractivity contribution in [2.75, 3.05) is 13.7 Å². The van der Waals surface area contributed by atoms with Crippen molar-refractivity contribution >= 4 is 5.97 Å². The summed E-state index contributed by atoms with van der Waals surface area (Å²) in [4.78, 5) is 10.3. The Bertz CT molecular complexity index is 109. The summed E-state index contributed by atoms with van der Waals surface area (Å²) < 4.78 is 4.62. The molecule has 54 valence electrons. The van der Waals surface area contributed by atoms with E-state index < -0.39 is 11.6 Å². The molecule has 0 aliphatic heterocycles. The number of rotatable bonds is 3. The Morgan fingerprint density at radius 1 is 1.89 bits per heavy atom. The lowest BCUT2D eigenvalue weighted by Crippen LogP contribution is -2.44. The minimum Gasteiger partial charge on any atom is -0.479 e. The van der Waals surface area contributed by atoms with Gasteiger partial charge in [-0.25, -0.2) is 4.79 Å². The van der Waals surface area contributed by atoms with Crippen LogP contribution >= 0.6 is 0 Å². The zero-order valence-corrected chi connectivity index (χ0v) is 5.55.